The molecular weight excluding hydrogens is 306 g/mol. The molecule has 0 aromatic heterocycles. The van der Waals surface area contributed by atoms with E-state index >= 15 is 0 Å². The number of hydrogen-bond donors (Lipinski definition) is 0. The number of carbonyl (C=O) groups excluding carboxylic acids is 2. The predicted molar refractivity (Wildman–Crippen MR) is 75.2 cm³/mol. The van der Waals surface area contributed by atoms with Gasteiger partial charge in [0.2, 0.25) is 11.8 Å². The molecule has 0 radical (unpaired) electrons. The summed E-state index contributed by atoms with van der Waals surface area (Å²) in [5.74, 6) is -0.0402. The third-order valence-electron chi connectivity index (χ3n) is 4.36. The summed E-state index contributed by atoms with van der Waals surface area (Å²) in [7, 11) is 0. The van der Waals surface area contributed by atoms with Crippen LogP contribution in [-0.2, 0) is 9.59 Å². The number of amides is 2. The molecule has 2 fully saturated rings. The average Bonchev–Trinajstić information content (AvgIpc) is 2.95. The maximum atomic E-state index is 12.4. The summed E-state index contributed by atoms with van der Waals surface area (Å²) in [6.45, 7) is 1.93. The van der Waals surface area contributed by atoms with Crippen LogP contribution in [0.4, 0.5) is 0 Å². The Morgan fingerprint density at radius 1 is 1.11 bits per heavy atom. The summed E-state index contributed by atoms with van der Waals surface area (Å²) < 4.78 is 0.999. The van der Waals surface area contributed by atoms with Gasteiger partial charge in [0.25, 0.3) is 0 Å². The average molecular weight is 322 g/mol. The minimum Gasteiger partial charge on any atom is -0.275 e. The van der Waals surface area contributed by atoms with Gasteiger partial charge in [-0.3, -0.25) is 14.5 Å². The van der Waals surface area contributed by atoms with Crippen molar-refractivity contribution in [2.45, 2.75) is 32.2 Å². The van der Waals surface area contributed by atoms with Crippen LogP contribution in [0.25, 0.3) is 0 Å². The lowest BCUT2D eigenvalue weighted by molar-refractivity contribution is -0.142. The van der Waals surface area contributed by atoms with Gasteiger partial charge in [-0.1, -0.05) is 34.5 Å². The number of carbonyl (C=O) groups is 2. The summed E-state index contributed by atoms with van der Waals surface area (Å²) in [5.41, 5.74) is 1.00. The minimum absolute atomic E-state index is 0.0305. The molecule has 1 aromatic carbocycles. The minimum atomic E-state index is -0.168. The van der Waals surface area contributed by atoms with Crippen molar-refractivity contribution in [3.05, 3.63) is 34.3 Å². The molecule has 1 heterocycles. The maximum Gasteiger partial charge on any atom is 0.233 e. The molecule has 2 amide bonds. The third-order valence-corrected chi connectivity index (χ3v) is 4.89. The first-order chi connectivity index (χ1) is 9.09. The quantitative estimate of drug-likeness (QED) is 0.784. The Morgan fingerprint density at radius 3 is 2.16 bits per heavy atom. The fourth-order valence-electron chi connectivity index (χ4n) is 3.29. The van der Waals surface area contributed by atoms with E-state index in [4.69, 9.17) is 0 Å². The number of likely N-dealkylation sites (tertiary alicyclic amines) is 1. The first kappa shape index (κ1) is 12.9. The Hall–Kier alpha value is -1.16. The Bertz CT molecular complexity index is 503. The maximum absolute atomic E-state index is 12.4. The van der Waals surface area contributed by atoms with Crippen LogP contribution in [0.1, 0.15) is 37.8 Å². The van der Waals surface area contributed by atoms with Gasteiger partial charge in [-0.2, -0.15) is 0 Å². The van der Waals surface area contributed by atoms with Crippen LogP contribution in [0.3, 0.4) is 0 Å². The van der Waals surface area contributed by atoms with Crippen molar-refractivity contribution in [1.82, 2.24) is 4.90 Å². The van der Waals surface area contributed by atoms with E-state index in [0.717, 1.165) is 29.3 Å². The van der Waals surface area contributed by atoms with Crippen molar-refractivity contribution in [2.75, 3.05) is 0 Å². The summed E-state index contributed by atoms with van der Waals surface area (Å²) in [6, 6.07) is 7.64. The van der Waals surface area contributed by atoms with E-state index in [-0.39, 0.29) is 29.7 Å². The molecule has 4 heteroatoms. The summed E-state index contributed by atoms with van der Waals surface area (Å²) in [6.07, 6.45) is 2.75. The number of benzene rings is 1. The fourth-order valence-corrected chi connectivity index (χ4v) is 3.55. The molecule has 0 N–H and O–H groups in total. The Balaban J connectivity index is 1.88. The lowest BCUT2D eigenvalue weighted by atomic mass is 10.00. The first-order valence-electron chi connectivity index (χ1n) is 6.72. The molecule has 100 valence electrons. The second-order valence-corrected chi connectivity index (χ2v) is 6.33. The van der Waals surface area contributed by atoms with E-state index < -0.39 is 0 Å². The van der Waals surface area contributed by atoms with Crippen LogP contribution in [0.15, 0.2) is 28.7 Å². The molecule has 1 saturated carbocycles. The molecule has 1 aliphatic carbocycles. The van der Waals surface area contributed by atoms with E-state index in [1.165, 1.54) is 4.90 Å². The number of rotatable bonds is 2. The van der Waals surface area contributed by atoms with Crippen LogP contribution >= 0.6 is 15.9 Å². The van der Waals surface area contributed by atoms with Gasteiger partial charge in [-0.15, -0.1) is 0 Å². The summed E-state index contributed by atoms with van der Waals surface area (Å²) >= 11 is 3.39. The van der Waals surface area contributed by atoms with Crippen LogP contribution < -0.4 is 0 Å². The highest BCUT2D eigenvalue weighted by molar-refractivity contribution is 9.10. The Morgan fingerprint density at radius 2 is 1.63 bits per heavy atom. The predicted octanol–water partition coefficient (Wildman–Crippen LogP) is 3.30. The number of fused-ring (bicyclic) bond motifs is 1. The number of nitrogens with zero attached hydrogens (tertiary/aromatic N) is 1. The van der Waals surface area contributed by atoms with Gasteiger partial charge < -0.3 is 0 Å². The number of hydrogen-bond acceptors (Lipinski definition) is 2. The van der Waals surface area contributed by atoms with Crippen LogP contribution in [0.2, 0.25) is 0 Å². The van der Waals surface area contributed by atoms with Gasteiger partial charge in [-0.25, -0.2) is 0 Å². The highest BCUT2D eigenvalue weighted by Crippen LogP contribution is 2.42. The molecule has 3 unspecified atom stereocenters. The molecule has 1 aromatic rings. The molecule has 3 rings (SSSR count). The van der Waals surface area contributed by atoms with Gasteiger partial charge in [-0.05, 0) is 37.5 Å². The normalized spacial score (nSPS) is 27.8. The Labute approximate surface area is 121 Å². The van der Waals surface area contributed by atoms with E-state index in [1.54, 1.807) is 0 Å². The van der Waals surface area contributed by atoms with Crippen molar-refractivity contribution in [1.29, 1.82) is 0 Å². The lowest BCUT2D eigenvalue weighted by Gasteiger charge is -2.24. The SMILES string of the molecule is CC(c1ccc(Br)cc1)N1C(=O)C2CCCC2C1=O. The summed E-state index contributed by atoms with van der Waals surface area (Å²) in [5, 5.41) is 0. The van der Waals surface area contributed by atoms with Gasteiger partial charge >= 0.3 is 0 Å². The zero-order chi connectivity index (χ0) is 13.6. The van der Waals surface area contributed by atoms with Crippen molar-refractivity contribution in [3.8, 4) is 0 Å². The number of imide groups is 1. The van der Waals surface area contributed by atoms with E-state index in [1.807, 2.05) is 31.2 Å². The topological polar surface area (TPSA) is 37.4 Å². The molecule has 1 aliphatic heterocycles. The Kier molecular flexibility index (Phi) is 3.21. The van der Waals surface area contributed by atoms with Crippen LogP contribution in [-0.4, -0.2) is 16.7 Å². The fraction of sp³-hybridized carbons (Fsp3) is 0.467. The van der Waals surface area contributed by atoms with Crippen LogP contribution in [0, 0.1) is 11.8 Å². The van der Waals surface area contributed by atoms with Crippen molar-refractivity contribution in [2.24, 2.45) is 11.8 Å². The molecule has 0 spiro atoms. The van der Waals surface area contributed by atoms with E-state index in [2.05, 4.69) is 15.9 Å². The van der Waals surface area contributed by atoms with E-state index in [0.29, 0.717) is 0 Å². The molecule has 3 nitrogen and oxygen atoms in total. The monoisotopic (exact) mass is 321 g/mol. The van der Waals surface area contributed by atoms with Gasteiger partial charge in [0, 0.05) is 4.47 Å². The van der Waals surface area contributed by atoms with Crippen molar-refractivity contribution in [3.63, 3.8) is 0 Å². The van der Waals surface area contributed by atoms with Crippen molar-refractivity contribution >= 4 is 27.7 Å². The highest BCUT2D eigenvalue weighted by Gasteiger charge is 2.51. The molecule has 2 aliphatic rings. The van der Waals surface area contributed by atoms with Gasteiger partial charge in [0.15, 0.2) is 0 Å². The molecule has 1 saturated heterocycles. The molecule has 19 heavy (non-hydrogen) atoms. The zero-order valence-electron chi connectivity index (χ0n) is 10.8. The smallest absolute Gasteiger partial charge is 0.233 e. The van der Waals surface area contributed by atoms with Crippen LogP contribution in [0.5, 0.6) is 0 Å². The first-order valence-corrected chi connectivity index (χ1v) is 7.51. The number of halogens is 1. The van der Waals surface area contributed by atoms with Gasteiger partial charge in [0.05, 0.1) is 17.9 Å². The second kappa shape index (κ2) is 4.75. The van der Waals surface area contributed by atoms with Crippen molar-refractivity contribution < 1.29 is 9.59 Å². The second-order valence-electron chi connectivity index (χ2n) is 5.42. The van der Waals surface area contributed by atoms with Gasteiger partial charge in [0.1, 0.15) is 0 Å². The largest absolute Gasteiger partial charge is 0.275 e. The standard InChI is InChI=1S/C15H16BrNO2/c1-9(10-5-7-11(16)8-6-10)17-14(18)12-3-2-4-13(12)15(17)19/h5-9,12-13H,2-4H2,1H3. The highest BCUT2D eigenvalue weighted by atomic mass is 79.9. The lowest BCUT2D eigenvalue weighted by Crippen LogP contribution is -2.34. The summed E-state index contributed by atoms with van der Waals surface area (Å²) in [4.78, 5) is 26.2. The van der Waals surface area contributed by atoms with E-state index in [9.17, 15) is 9.59 Å². The molecule has 0 bridgehead atoms. The molecule has 3 atom stereocenters. The third kappa shape index (κ3) is 2.02. The molecular formula is C15H16BrNO2. The zero-order valence-corrected chi connectivity index (χ0v) is 12.4.